The Labute approximate surface area is 161 Å². The van der Waals surface area contributed by atoms with Gasteiger partial charge in [-0.3, -0.25) is 9.59 Å². The summed E-state index contributed by atoms with van der Waals surface area (Å²) in [6.45, 7) is 1.81. The summed E-state index contributed by atoms with van der Waals surface area (Å²) in [4.78, 5) is 25.3. The van der Waals surface area contributed by atoms with Crippen LogP contribution in [0.15, 0.2) is 65.6 Å². The standard InChI is InChI=1S/C21H19N3O2S/c1-13(22-15-9-10-19-18(11-15)23-20(25)12-27-19)21(26)24-17-8-4-6-14-5-2-3-7-16(14)17/h2-11,13,22H,12H2,1H3,(H,23,25)(H,24,26)/t13-/m0/s1. The van der Waals surface area contributed by atoms with Crippen LogP contribution in [0.4, 0.5) is 17.1 Å². The van der Waals surface area contributed by atoms with Crippen LogP contribution in [-0.4, -0.2) is 23.6 Å². The first-order valence-corrected chi connectivity index (χ1v) is 9.70. The van der Waals surface area contributed by atoms with Gasteiger partial charge in [0.15, 0.2) is 0 Å². The highest BCUT2D eigenvalue weighted by atomic mass is 32.2. The Kier molecular flexibility index (Phi) is 4.73. The normalized spacial score (nSPS) is 14.2. The Hall–Kier alpha value is -2.99. The summed E-state index contributed by atoms with van der Waals surface area (Å²) in [7, 11) is 0. The second-order valence-electron chi connectivity index (χ2n) is 6.43. The zero-order valence-corrected chi connectivity index (χ0v) is 15.6. The molecule has 0 radical (unpaired) electrons. The van der Waals surface area contributed by atoms with E-state index in [2.05, 4.69) is 16.0 Å². The molecule has 1 atom stereocenters. The Morgan fingerprint density at radius 2 is 1.93 bits per heavy atom. The largest absolute Gasteiger partial charge is 0.374 e. The molecule has 1 aliphatic heterocycles. The third-order valence-electron chi connectivity index (χ3n) is 4.44. The van der Waals surface area contributed by atoms with Gasteiger partial charge in [-0.1, -0.05) is 36.4 Å². The van der Waals surface area contributed by atoms with Gasteiger partial charge in [-0.25, -0.2) is 0 Å². The number of carbonyl (C=O) groups is 2. The van der Waals surface area contributed by atoms with Gasteiger partial charge in [-0.05, 0) is 36.6 Å². The predicted octanol–water partition coefficient (Wildman–Crippen LogP) is 4.32. The van der Waals surface area contributed by atoms with Crippen molar-refractivity contribution in [1.82, 2.24) is 0 Å². The molecule has 0 unspecified atom stereocenters. The molecule has 136 valence electrons. The van der Waals surface area contributed by atoms with Crippen molar-refractivity contribution in [2.24, 2.45) is 0 Å². The van der Waals surface area contributed by atoms with Crippen molar-refractivity contribution < 1.29 is 9.59 Å². The number of amides is 2. The van der Waals surface area contributed by atoms with E-state index in [1.807, 2.05) is 67.6 Å². The Morgan fingerprint density at radius 3 is 2.81 bits per heavy atom. The third-order valence-corrected chi connectivity index (χ3v) is 5.51. The van der Waals surface area contributed by atoms with Crippen molar-refractivity contribution in [2.75, 3.05) is 21.7 Å². The molecule has 2 amide bonds. The van der Waals surface area contributed by atoms with Crippen molar-refractivity contribution in [1.29, 1.82) is 0 Å². The lowest BCUT2D eigenvalue weighted by Crippen LogP contribution is -2.32. The van der Waals surface area contributed by atoms with E-state index in [-0.39, 0.29) is 11.8 Å². The van der Waals surface area contributed by atoms with Gasteiger partial charge in [0.1, 0.15) is 6.04 Å². The summed E-state index contributed by atoms with van der Waals surface area (Å²) < 4.78 is 0. The lowest BCUT2D eigenvalue weighted by atomic mass is 10.1. The Bertz CT molecular complexity index is 1030. The fourth-order valence-corrected chi connectivity index (χ4v) is 3.85. The fraction of sp³-hybridized carbons (Fsp3) is 0.143. The minimum atomic E-state index is -0.436. The number of anilines is 3. The van der Waals surface area contributed by atoms with Crippen LogP contribution in [0.2, 0.25) is 0 Å². The second-order valence-corrected chi connectivity index (χ2v) is 7.45. The summed E-state index contributed by atoms with van der Waals surface area (Å²) >= 11 is 1.51. The van der Waals surface area contributed by atoms with Gasteiger partial charge >= 0.3 is 0 Å². The quantitative estimate of drug-likeness (QED) is 0.633. The van der Waals surface area contributed by atoms with Gasteiger partial charge < -0.3 is 16.0 Å². The van der Waals surface area contributed by atoms with Crippen LogP contribution in [0.5, 0.6) is 0 Å². The lowest BCUT2D eigenvalue weighted by Gasteiger charge is -2.20. The monoisotopic (exact) mass is 377 g/mol. The number of carbonyl (C=O) groups excluding carboxylic acids is 2. The average molecular weight is 377 g/mol. The summed E-state index contributed by atoms with van der Waals surface area (Å²) in [5, 5.41) is 11.2. The number of fused-ring (bicyclic) bond motifs is 2. The molecule has 0 saturated carbocycles. The molecule has 4 rings (SSSR count). The van der Waals surface area contributed by atoms with Crippen molar-refractivity contribution in [3.8, 4) is 0 Å². The van der Waals surface area contributed by atoms with Crippen LogP contribution in [0.25, 0.3) is 10.8 Å². The van der Waals surface area contributed by atoms with Crippen LogP contribution in [0.1, 0.15) is 6.92 Å². The molecule has 5 nitrogen and oxygen atoms in total. The number of nitrogens with one attached hydrogen (secondary N) is 3. The Morgan fingerprint density at radius 1 is 1.11 bits per heavy atom. The molecule has 3 N–H and O–H groups in total. The van der Waals surface area contributed by atoms with E-state index >= 15 is 0 Å². The Balaban J connectivity index is 1.48. The first-order chi connectivity index (χ1) is 13.1. The molecule has 0 aromatic heterocycles. The SMILES string of the molecule is C[C@H](Nc1ccc2c(c1)NC(=O)CS2)C(=O)Nc1cccc2ccccc12. The van der Waals surface area contributed by atoms with E-state index in [1.54, 1.807) is 0 Å². The smallest absolute Gasteiger partial charge is 0.246 e. The predicted molar refractivity (Wildman–Crippen MR) is 111 cm³/mol. The molecular formula is C21H19N3O2S. The van der Waals surface area contributed by atoms with Crippen molar-refractivity contribution in [2.45, 2.75) is 17.9 Å². The van der Waals surface area contributed by atoms with Gasteiger partial charge in [0.05, 0.1) is 11.4 Å². The first-order valence-electron chi connectivity index (χ1n) is 8.72. The van der Waals surface area contributed by atoms with E-state index < -0.39 is 6.04 Å². The number of hydrogen-bond donors (Lipinski definition) is 3. The molecule has 0 saturated heterocycles. The number of rotatable bonds is 4. The fourth-order valence-electron chi connectivity index (χ4n) is 3.06. The van der Waals surface area contributed by atoms with Gasteiger partial charge in [0.2, 0.25) is 11.8 Å². The molecule has 3 aromatic rings. The lowest BCUT2D eigenvalue weighted by molar-refractivity contribution is -0.116. The maximum absolute atomic E-state index is 12.7. The number of benzene rings is 3. The molecule has 1 aliphatic rings. The van der Waals surface area contributed by atoms with Gasteiger partial charge in [0, 0.05) is 21.7 Å². The first kappa shape index (κ1) is 17.4. The summed E-state index contributed by atoms with van der Waals surface area (Å²) in [5.74, 6) is 0.303. The average Bonchev–Trinajstić information content (AvgIpc) is 2.68. The van der Waals surface area contributed by atoms with Crippen molar-refractivity contribution >= 4 is 51.4 Å². The van der Waals surface area contributed by atoms with Crippen molar-refractivity contribution in [3.63, 3.8) is 0 Å². The maximum atomic E-state index is 12.7. The van der Waals surface area contributed by atoms with E-state index in [4.69, 9.17) is 0 Å². The topological polar surface area (TPSA) is 70.2 Å². The van der Waals surface area contributed by atoms with Crippen LogP contribution in [0, 0.1) is 0 Å². The van der Waals surface area contributed by atoms with E-state index in [1.165, 1.54) is 11.8 Å². The zero-order chi connectivity index (χ0) is 18.8. The zero-order valence-electron chi connectivity index (χ0n) is 14.8. The van der Waals surface area contributed by atoms with Gasteiger partial charge in [0.25, 0.3) is 0 Å². The molecule has 0 bridgehead atoms. The van der Waals surface area contributed by atoms with Gasteiger partial charge in [-0.15, -0.1) is 11.8 Å². The highest BCUT2D eigenvalue weighted by molar-refractivity contribution is 8.00. The molecule has 3 aromatic carbocycles. The van der Waals surface area contributed by atoms with E-state index in [0.717, 1.165) is 32.7 Å². The van der Waals surface area contributed by atoms with E-state index in [0.29, 0.717) is 5.75 Å². The van der Waals surface area contributed by atoms with Crippen molar-refractivity contribution in [3.05, 3.63) is 60.7 Å². The molecule has 6 heteroatoms. The summed E-state index contributed by atoms with van der Waals surface area (Å²) in [6, 6.07) is 19.1. The summed E-state index contributed by atoms with van der Waals surface area (Å²) in [6.07, 6.45) is 0. The molecule has 0 spiro atoms. The third kappa shape index (κ3) is 3.75. The minimum Gasteiger partial charge on any atom is -0.374 e. The molecule has 0 fully saturated rings. The van der Waals surface area contributed by atoms with Gasteiger partial charge in [-0.2, -0.15) is 0 Å². The molecule has 0 aliphatic carbocycles. The van der Waals surface area contributed by atoms with E-state index in [9.17, 15) is 9.59 Å². The molecule has 1 heterocycles. The van der Waals surface area contributed by atoms with Crippen LogP contribution < -0.4 is 16.0 Å². The van der Waals surface area contributed by atoms with Crippen LogP contribution >= 0.6 is 11.8 Å². The molecule has 27 heavy (non-hydrogen) atoms. The number of hydrogen-bond acceptors (Lipinski definition) is 4. The molecular weight excluding hydrogens is 358 g/mol. The maximum Gasteiger partial charge on any atom is 0.246 e. The highest BCUT2D eigenvalue weighted by Crippen LogP contribution is 2.33. The summed E-state index contributed by atoms with van der Waals surface area (Å²) in [5.41, 5.74) is 2.36. The number of thioether (sulfide) groups is 1. The van der Waals surface area contributed by atoms with Crippen LogP contribution in [-0.2, 0) is 9.59 Å². The second kappa shape index (κ2) is 7.32. The van der Waals surface area contributed by atoms with Crippen LogP contribution in [0.3, 0.4) is 0 Å². The minimum absolute atomic E-state index is 0.00797. The highest BCUT2D eigenvalue weighted by Gasteiger charge is 2.18.